The van der Waals surface area contributed by atoms with Crippen molar-refractivity contribution in [1.29, 1.82) is 0 Å². The molecule has 4 heteroatoms. The van der Waals surface area contributed by atoms with Crippen LogP contribution in [-0.4, -0.2) is 13.1 Å². The van der Waals surface area contributed by atoms with E-state index in [0.29, 0.717) is 12.6 Å². The maximum absolute atomic E-state index is 5.78. The van der Waals surface area contributed by atoms with Crippen LogP contribution in [0.15, 0.2) is 40.2 Å². The predicted octanol–water partition coefficient (Wildman–Crippen LogP) is 4.24. The lowest BCUT2D eigenvalue weighted by Gasteiger charge is -2.11. The van der Waals surface area contributed by atoms with Crippen molar-refractivity contribution < 1.29 is 4.74 Å². The van der Waals surface area contributed by atoms with E-state index < -0.39 is 0 Å². The zero-order valence-corrected chi connectivity index (χ0v) is 13.6. The summed E-state index contributed by atoms with van der Waals surface area (Å²) in [7, 11) is 1.99. The van der Waals surface area contributed by atoms with Crippen molar-refractivity contribution >= 4 is 27.3 Å². The van der Waals surface area contributed by atoms with E-state index in [-0.39, 0.29) is 0 Å². The van der Waals surface area contributed by atoms with Gasteiger partial charge in [0.25, 0.3) is 0 Å². The molecule has 0 fully saturated rings. The lowest BCUT2D eigenvalue weighted by molar-refractivity contribution is 0.309. The van der Waals surface area contributed by atoms with E-state index in [1.807, 2.05) is 25.2 Å². The van der Waals surface area contributed by atoms with E-state index in [4.69, 9.17) is 4.74 Å². The van der Waals surface area contributed by atoms with Crippen molar-refractivity contribution in [3.8, 4) is 5.75 Å². The quantitative estimate of drug-likeness (QED) is 0.849. The molecule has 2 nitrogen and oxygen atoms in total. The fourth-order valence-corrected chi connectivity index (χ4v) is 3.13. The number of rotatable bonds is 6. The highest BCUT2D eigenvalue weighted by Gasteiger charge is 2.03. The Labute approximate surface area is 126 Å². The average molecular weight is 340 g/mol. The molecule has 0 spiro atoms. The zero-order valence-electron chi connectivity index (χ0n) is 11.2. The molecule has 102 valence electrons. The zero-order chi connectivity index (χ0) is 13.7. The number of hydrogen-bond acceptors (Lipinski definition) is 3. The van der Waals surface area contributed by atoms with Crippen molar-refractivity contribution in [3.05, 3.63) is 50.6 Å². The van der Waals surface area contributed by atoms with Gasteiger partial charge in [0.15, 0.2) is 0 Å². The number of halogens is 1. The molecule has 0 aliphatic heterocycles. The van der Waals surface area contributed by atoms with Crippen LogP contribution >= 0.6 is 27.3 Å². The molecule has 0 aliphatic carbocycles. The normalized spacial score (nSPS) is 12.4. The fraction of sp³-hybridized carbons (Fsp3) is 0.333. The second-order valence-electron chi connectivity index (χ2n) is 4.52. The van der Waals surface area contributed by atoms with Crippen LogP contribution in [0, 0.1) is 0 Å². The van der Waals surface area contributed by atoms with Crippen molar-refractivity contribution in [1.82, 2.24) is 5.32 Å². The summed E-state index contributed by atoms with van der Waals surface area (Å²) in [5.74, 6) is 0.918. The van der Waals surface area contributed by atoms with Gasteiger partial charge in [-0.15, -0.1) is 11.3 Å². The second-order valence-corrected chi connectivity index (χ2v) is 6.37. The minimum atomic E-state index is 0.494. The number of hydrogen-bond donors (Lipinski definition) is 1. The standard InChI is InChI=1S/C15H18BrNOS/c1-11(17-2)9-12-3-5-13(6-4-12)18-10-15-14(16)7-8-19-15/h3-8,11,17H,9-10H2,1-2H3. The molecule has 0 saturated carbocycles. The van der Waals surface area contributed by atoms with Gasteiger partial charge in [0.05, 0.1) is 4.88 Å². The summed E-state index contributed by atoms with van der Waals surface area (Å²) in [5, 5.41) is 5.30. The molecule has 0 saturated heterocycles. The molecule has 1 atom stereocenters. The molecule has 1 N–H and O–H groups in total. The highest BCUT2D eigenvalue weighted by atomic mass is 79.9. The SMILES string of the molecule is CNC(C)Cc1ccc(OCc2sccc2Br)cc1. The number of likely N-dealkylation sites (N-methyl/N-ethyl adjacent to an activating group) is 1. The summed E-state index contributed by atoms with van der Waals surface area (Å²) in [6.45, 7) is 2.79. The molecule has 1 aromatic heterocycles. The Bertz CT molecular complexity index is 509. The first kappa shape index (κ1) is 14.6. The van der Waals surface area contributed by atoms with Gasteiger partial charge in [-0.05, 0) is 65.5 Å². The van der Waals surface area contributed by atoms with Crippen LogP contribution in [0.2, 0.25) is 0 Å². The van der Waals surface area contributed by atoms with Crippen LogP contribution in [0.1, 0.15) is 17.4 Å². The van der Waals surface area contributed by atoms with Crippen LogP contribution in [-0.2, 0) is 13.0 Å². The molecule has 0 amide bonds. The van der Waals surface area contributed by atoms with Crippen LogP contribution in [0.5, 0.6) is 5.75 Å². The molecular formula is C15H18BrNOS. The topological polar surface area (TPSA) is 21.3 Å². The third kappa shape index (κ3) is 4.34. The Morgan fingerprint density at radius 2 is 2.00 bits per heavy atom. The molecule has 1 heterocycles. The van der Waals surface area contributed by atoms with Crippen molar-refractivity contribution in [2.24, 2.45) is 0 Å². The summed E-state index contributed by atoms with van der Waals surface area (Å²) in [4.78, 5) is 1.22. The summed E-state index contributed by atoms with van der Waals surface area (Å²) < 4.78 is 6.90. The van der Waals surface area contributed by atoms with E-state index in [1.165, 1.54) is 10.4 Å². The summed E-state index contributed by atoms with van der Waals surface area (Å²) in [6, 6.07) is 10.9. The van der Waals surface area contributed by atoms with Crippen molar-refractivity contribution in [2.45, 2.75) is 26.0 Å². The Hall–Kier alpha value is -0.840. The van der Waals surface area contributed by atoms with Gasteiger partial charge in [-0.1, -0.05) is 12.1 Å². The second kappa shape index (κ2) is 7.08. The molecule has 1 unspecified atom stereocenters. The van der Waals surface area contributed by atoms with Gasteiger partial charge in [-0.2, -0.15) is 0 Å². The van der Waals surface area contributed by atoms with Crippen LogP contribution < -0.4 is 10.1 Å². The van der Waals surface area contributed by atoms with Crippen LogP contribution in [0.4, 0.5) is 0 Å². The number of ether oxygens (including phenoxy) is 1. The van der Waals surface area contributed by atoms with Crippen molar-refractivity contribution in [3.63, 3.8) is 0 Å². The molecule has 2 rings (SSSR count). The Morgan fingerprint density at radius 3 is 2.58 bits per heavy atom. The highest BCUT2D eigenvalue weighted by molar-refractivity contribution is 9.10. The largest absolute Gasteiger partial charge is 0.488 e. The first-order valence-corrected chi connectivity index (χ1v) is 7.97. The number of nitrogens with one attached hydrogen (secondary N) is 1. The molecule has 0 radical (unpaired) electrons. The summed E-state index contributed by atoms with van der Waals surface area (Å²) in [6.07, 6.45) is 1.03. The lowest BCUT2D eigenvalue weighted by atomic mass is 10.1. The molecule has 19 heavy (non-hydrogen) atoms. The van der Waals surface area contributed by atoms with Gasteiger partial charge in [0.2, 0.25) is 0 Å². The molecule has 0 aliphatic rings. The van der Waals surface area contributed by atoms with E-state index in [1.54, 1.807) is 11.3 Å². The summed E-state index contributed by atoms with van der Waals surface area (Å²) >= 11 is 5.21. The first-order valence-electron chi connectivity index (χ1n) is 6.30. The van der Waals surface area contributed by atoms with Crippen molar-refractivity contribution in [2.75, 3.05) is 7.05 Å². The third-order valence-electron chi connectivity index (χ3n) is 3.02. The van der Waals surface area contributed by atoms with E-state index in [0.717, 1.165) is 16.6 Å². The molecule has 0 bridgehead atoms. The average Bonchev–Trinajstić information content (AvgIpc) is 2.83. The molecule has 2 aromatic rings. The maximum atomic E-state index is 5.78. The monoisotopic (exact) mass is 339 g/mol. The Kier molecular flexibility index (Phi) is 5.43. The third-order valence-corrected chi connectivity index (χ3v) is 4.92. The van der Waals surface area contributed by atoms with E-state index >= 15 is 0 Å². The molecular weight excluding hydrogens is 322 g/mol. The Balaban J connectivity index is 1.90. The van der Waals surface area contributed by atoms with Gasteiger partial charge in [0, 0.05) is 10.5 Å². The maximum Gasteiger partial charge on any atom is 0.124 e. The molecule has 1 aromatic carbocycles. The highest BCUT2D eigenvalue weighted by Crippen LogP contribution is 2.24. The number of thiophene rings is 1. The van der Waals surface area contributed by atoms with Gasteiger partial charge < -0.3 is 10.1 Å². The fourth-order valence-electron chi connectivity index (χ4n) is 1.75. The van der Waals surface area contributed by atoms with Gasteiger partial charge >= 0.3 is 0 Å². The van der Waals surface area contributed by atoms with Crippen LogP contribution in [0.25, 0.3) is 0 Å². The number of benzene rings is 1. The van der Waals surface area contributed by atoms with Gasteiger partial charge in [0.1, 0.15) is 12.4 Å². The first-order chi connectivity index (χ1) is 9.19. The van der Waals surface area contributed by atoms with Gasteiger partial charge in [-0.3, -0.25) is 0 Å². The predicted molar refractivity (Wildman–Crippen MR) is 85.0 cm³/mol. The van der Waals surface area contributed by atoms with Gasteiger partial charge in [-0.25, -0.2) is 0 Å². The minimum absolute atomic E-state index is 0.494. The van der Waals surface area contributed by atoms with E-state index in [2.05, 4.69) is 45.7 Å². The van der Waals surface area contributed by atoms with E-state index in [9.17, 15) is 0 Å². The van der Waals surface area contributed by atoms with Crippen LogP contribution in [0.3, 0.4) is 0 Å². The minimum Gasteiger partial charge on any atom is -0.488 e. The Morgan fingerprint density at radius 1 is 1.26 bits per heavy atom. The smallest absolute Gasteiger partial charge is 0.124 e. The lowest BCUT2D eigenvalue weighted by Crippen LogP contribution is -2.23. The summed E-state index contributed by atoms with van der Waals surface area (Å²) in [5.41, 5.74) is 1.33.